The molecule has 1 fully saturated rings. The third kappa shape index (κ3) is 4.48. The lowest BCUT2D eigenvalue weighted by Gasteiger charge is -2.15. The van der Waals surface area contributed by atoms with Crippen molar-refractivity contribution in [3.8, 4) is 5.75 Å². The molecule has 1 saturated carbocycles. The molecule has 0 saturated heterocycles. The van der Waals surface area contributed by atoms with E-state index in [1.165, 1.54) is 18.9 Å². The van der Waals surface area contributed by atoms with E-state index in [4.69, 9.17) is 9.84 Å². The number of benzene rings is 1. The van der Waals surface area contributed by atoms with Crippen molar-refractivity contribution in [1.29, 1.82) is 0 Å². The Morgan fingerprint density at radius 2 is 2.21 bits per heavy atom. The number of halogens is 1. The van der Waals surface area contributed by atoms with Crippen LogP contribution in [0.15, 0.2) is 18.2 Å². The Labute approximate surface area is 113 Å². The Bertz CT molecular complexity index is 407. The van der Waals surface area contributed by atoms with Gasteiger partial charge in [0.2, 0.25) is 0 Å². The van der Waals surface area contributed by atoms with E-state index in [0.717, 1.165) is 12.0 Å². The summed E-state index contributed by atoms with van der Waals surface area (Å²) in [4.78, 5) is 0. The maximum absolute atomic E-state index is 13.6. The van der Waals surface area contributed by atoms with Crippen molar-refractivity contribution in [3.63, 3.8) is 0 Å². The van der Waals surface area contributed by atoms with Gasteiger partial charge in [-0.25, -0.2) is 4.39 Å². The number of nitrogens with one attached hydrogen (secondary N) is 1. The largest absolute Gasteiger partial charge is 0.491 e. The van der Waals surface area contributed by atoms with E-state index in [2.05, 4.69) is 12.2 Å². The Hall–Kier alpha value is -1.13. The summed E-state index contributed by atoms with van der Waals surface area (Å²) in [5, 5.41) is 12.2. The van der Waals surface area contributed by atoms with E-state index in [1.54, 1.807) is 12.1 Å². The predicted octanol–water partition coefficient (Wildman–Crippen LogP) is 2.79. The molecule has 1 aromatic rings. The fourth-order valence-electron chi connectivity index (χ4n) is 2.00. The van der Waals surface area contributed by atoms with Crippen LogP contribution in [0.3, 0.4) is 0 Å². The molecule has 0 bridgehead atoms. The Morgan fingerprint density at radius 3 is 2.89 bits per heavy atom. The normalized spacial score (nSPS) is 16.4. The number of aliphatic hydroxyl groups is 1. The fraction of sp³-hybridized carbons (Fsp3) is 0.600. The molecule has 2 N–H and O–H groups in total. The molecule has 4 heteroatoms. The molecule has 19 heavy (non-hydrogen) atoms. The number of ether oxygens (including phenoxy) is 1. The highest BCUT2D eigenvalue weighted by Gasteiger charge is 2.23. The molecule has 1 atom stereocenters. The summed E-state index contributed by atoms with van der Waals surface area (Å²) in [6, 6.07) is 5.87. The van der Waals surface area contributed by atoms with Crippen LogP contribution in [0, 0.1) is 5.82 Å². The van der Waals surface area contributed by atoms with Crippen molar-refractivity contribution < 1.29 is 14.2 Å². The first kappa shape index (κ1) is 14.3. The van der Waals surface area contributed by atoms with Gasteiger partial charge < -0.3 is 15.2 Å². The molecular formula is C15H22FNO2. The number of unbranched alkanes of at least 4 members (excludes halogenated alkanes) is 1. The summed E-state index contributed by atoms with van der Waals surface area (Å²) in [5.41, 5.74) is 1.05. The van der Waals surface area contributed by atoms with Gasteiger partial charge in [0.25, 0.3) is 0 Å². The minimum absolute atomic E-state index is 0.147. The molecule has 1 unspecified atom stereocenters. The lowest BCUT2D eigenvalue weighted by atomic mass is 10.1. The van der Waals surface area contributed by atoms with Gasteiger partial charge in [-0.3, -0.25) is 0 Å². The van der Waals surface area contributed by atoms with Gasteiger partial charge in [0.15, 0.2) is 11.6 Å². The first-order chi connectivity index (χ1) is 9.20. The summed E-state index contributed by atoms with van der Waals surface area (Å²) in [6.07, 6.45) is 3.88. The van der Waals surface area contributed by atoms with Crippen LogP contribution >= 0.6 is 0 Å². The van der Waals surface area contributed by atoms with Crippen molar-refractivity contribution in [1.82, 2.24) is 5.32 Å². The first-order valence-electron chi connectivity index (χ1n) is 7.00. The van der Waals surface area contributed by atoms with Gasteiger partial charge >= 0.3 is 0 Å². The topological polar surface area (TPSA) is 41.5 Å². The maximum Gasteiger partial charge on any atom is 0.165 e. The quantitative estimate of drug-likeness (QED) is 0.712. The van der Waals surface area contributed by atoms with E-state index in [9.17, 15) is 4.39 Å². The fourth-order valence-corrected chi connectivity index (χ4v) is 2.00. The Kier molecular flexibility index (Phi) is 5.16. The molecule has 0 aliphatic heterocycles. The number of hydrogen-bond donors (Lipinski definition) is 2. The molecule has 0 radical (unpaired) electrons. The first-order valence-corrected chi connectivity index (χ1v) is 7.00. The molecule has 1 aliphatic carbocycles. The van der Waals surface area contributed by atoms with Gasteiger partial charge in [0.05, 0.1) is 6.61 Å². The average molecular weight is 267 g/mol. The van der Waals surface area contributed by atoms with E-state index >= 15 is 0 Å². The van der Waals surface area contributed by atoms with Crippen LogP contribution in [-0.4, -0.2) is 24.4 Å². The number of rotatable bonds is 8. The van der Waals surface area contributed by atoms with Gasteiger partial charge in [-0.05, 0) is 50.3 Å². The molecule has 0 aromatic heterocycles. The zero-order chi connectivity index (χ0) is 13.7. The maximum atomic E-state index is 13.6. The zero-order valence-electron chi connectivity index (χ0n) is 11.4. The van der Waals surface area contributed by atoms with Crippen LogP contribution in [0.2, 0.25) is 0 Å². The van der Waals surface area contributed by atoms with Crippen molar-refractivity contribution in [3.05, 3.63) is 29.6 Å². The molecule has 0 heterocycles. The van der Waals surface area contributed by atoms with Gasteiger partial charge in [-0.2, -0.15) is 0 Å². The molecule has 1 aliphatic rings. The van der Waals surface area contributed by atoms with Crippen LogP contribution in [0.4, 0.5) is 4.39 Å². The van der Waals surface area contributed by atoms with Crippen molar-refractivity contribution in [2.24, 2.45) is 0 Å². The lowest BCUT2D eigenvalue weighted by molar-refractivity contribution is 0.248. The second kappa shape index (κ2) is 6.87. The van der Waals surface area contributed by atoms with E-state index in [-0.39, 0.29) is 18.5 Å². The summed E-state index contributed by atoms with van der Waals surface area (Å²) in [5.74, 6) is -0.0220. The highest BCUT2D eigenvalue weighted by Crippen LogP contribution is 2.27. The van der Waals surface area contributed by atoms with Gasteiger partial charge in [-0.15, -0.1) is 0 Å². The van der Waals surface area contributed by atoms with Crippen LogP contribution in [0.5, 0.6) is 5.75 Å². The standard InChI is InChI=1S/C15H22FNO2/c1-11(17-13-5-6-13)12-4-7-14(16)15(10-12)19-9-3-2-8-18/h4,7,10-11,13,17-18H,2-3,5-6,8-9H2,1H3. The summed E-state index contributed by atoms with van der Waals surface area (Å²) in [7, 11) is 0. The van der Waals surface area contributed by atoms with Crippen LogP contribution in [0.25, 0.3) is 0 Å². The smallest absolute Gasteiger partial charge is 0.165 e. The highest BCUT2D eigenvalue weighted by atomic mass is 19.1. The monoisotopic (exact) mass is 267 g/mol. The minimum Gasteiger partial charge on any atom is -0.491 e. The highest BCUT2D eigenvalue weighted by molar-refractivity contribution is 5.32. The third-order valence-electron chi connectivity index (χ3n) is 3.33. The van der Waals surface area contributed by atoms with Gasteiger partial charge in [0.1, 0.15) is 0 Å². The molecule has 1 aromatic carbocycles. The summed E-state index contributed by atoms with van der Waals surface area (Å²) in [6.45, 7) is 2.67. The van der Waals surface area contributed by atoms with Crippen LogP contribution in [-0.2, 0) is 0 Å². The van der Waals surface area contributed by atoms with Crippen molar-refractivity contribution in [2.45, 2.75) is 44.7 Å². The second-order valence-electron chi connectivity index (χ2n) is 5.13. The Balaban J connectivity index is 1.93. The molecule has 2 rings (SSSR count). The molecular weight excluding hydrogens is 245 g/mol. The molecule has 0 amide bonds. The van der Waals surface area contributed by atoms with E-state index in [0.29, 0.717) is 24.8 Å². The van der Waals surface area contributed by atoms with Crippen molar-refractivity contribution in [2.75, 3.05) is 13.2 Å². The number of aliphatic hydroxyl groups excluding tert-OH is 1. The predicted molar refractivity (Wildman–Crippen MR) is 72.8 cm³/mol. The summed E-state index contributed by atoms with van der Waals surface area (Å²) >= 11 is 0. The third-order valence-corrected chi connectivity index (χ3v) is 3.33. The van der Waals surface area contributed by atoms with E-state index in [1.807, 2.05) is 0 Å². The van der Waals surface area contributed by atoms with Gasteiger partial charge in [0, 0.05) is 18.7 Å². The van der Waals surface area contributed by atoms with Crippen LogP contribution < -0.4 is 10.1 Å². The SMILES string of the molecule is CC(NC1CC1)c1ccc(F)c(OCCCCO)c1. The van der Waals surface area contributed by atoms with Gasteiger partial charge in [-0.1, -0.05) is 6.07 Å². The zero-order valence-corrected chi connectivity index (χ0v) is 11.4. The Morgan fingerprint density at radius 1 is 1.42 bits per heavy atom. The van der Waals surface area contributed by atoms with Crippen LogP contribution in [0.1, 0.15) is 44.2 Å². The minimum atomic E-state index is -0.327. The molecule has 0 spiro atoms. The second-order valence-corrected chi connectivity index (χ2v) is 5.13. The number of hydrogen-bond acceptors (Lipinski definition) is 3. The molecule has 3 nitrogen and oxygen atoms in total. The van der Waals surface area contributed by atoms with Crippen molar-refractivity contribution >= 4 is 0 Å². The average Bonchev–Trinajstić information content (AvgIpc) is 3.20. The lowest BCUT2D eigenvalue weighted by Crippen LogP contribution is -2.20. The molecule has 106 valence electrons. The van der Waals surface area contributed by atoms with E-state index < -0.39 is 0 Å². The summed E-state index contributed by atoms with van der Waals surface area (Å²) < 4.78 is 19.1.